The van der Waals surface area contributed by atoms with Crippen LogP contribution < -0.4 is 21.7 Å². The number of rotatable bonds is 8. The molecule has 7 nitrogen and oxygen atoms in total. The van der Waals surface area contributed by atoms with E-state index in [0.717, 1.165) is 6.42 Å². The minimum absolute atomic E-state index is 0.127. The number of hydrogen-bond donors (Lipinski definition) is 4. The van der Waals surface area contributed by atoms with Crippen LogP contribution >= 0.6 is 0 Å². The SMILES string of the molecule is CCCC(=O)NCC(=O)Nc1ccccc1C(=O)NCCN. The molecule has 5 N–H and O–H groups in total. The molecule has 0 unspecified atom stereocenters. The Kier molecular flexibility index (Phi) is 7.63. The second kappa shape index (κ2) is 9.51. The van der Waals surface area contributed by atoms with Crippen LogP contribution in [-0.2, 0) is 9.59 Å². The van der Waals surface area contributed by atoms with Crippen LogP contribution in [0.25, 0.3) is 0 Å². The van der Waals surface area contributed by atoms with E-state index in [0.29, 0.717) is 30.8 Å². The van der Waals surface area contributed by atoms with Crippen molar-refractivity contribution in [3.05, 3.63) is 29.8 Å². The fraction of sp³-hybridized carbons (Fsp3) is 0.400. The lowest BCUT2D eigenvalue weighted by molar-refractivity contribution is -0.124. The highest BCUT2D eigenvalue weighted by Gasteiger charge is 2.12. The van der Waals surface area contributed by atoms with Gasteiger partial charge in [-0.3, -0.25) is 14.4 Å². The Morgan fingerprint density at radius 1 is 1.09 bits per heavy atom. The van der Waals surface area contributed by atoms with E-state index in [4.69, 9.17) is 5.73 Å². The van der Waals surface area contributed by atoms with Crippen LogP contribution in [0.5, 0.6) is 0 Å². The van der Waals surface area contributed by atoms with Crippen molar-refractivity contribution in [3.63, 3.8) is 0 Å². The van der Waals surface area contributed by atoms with Gasteiger partial charge in [-0.05, 0) is 18.6 Å². The number of anilines is 1. The molecule has 1 aromatic rings. The molecule has 0 saturated heterocycles. The standard InChI is InChI=1S/C15H22N4O3/c1-2-5-13(20)18-10-14(21)19-12-7-4-3-6-11(12)15(22)17-9-8-16/h3-4,6-7H,2,5,8-10,16H2,1H3,(H,17,22)(H,18,20)(H,19,21). The van der Waals surface area contributed by atoms with Crippen molar-refractivity contribution in [2.45, 2.75) is 19.8 Å². The Labute approximate surface area is 129 Å². The van der Waals surface area contributed by atoms with Crippen LogP contribution in [0.1, 0.15) is 30.1 Å². The first-order chi connectivity index (χ1) is 10.6. The maximum Gasteiger partial charge on any atom is 0.253 e. The molecule has 22 heavy (non-hydrogen) atoms. The van der Waals surface area contributed by atoms with E-state index < -0.39 is 0 Å². The Morgan fingerprint density at radius 3 is 2.50 bits per heavy atom. The minimum atomic E-state index is -0.386. The molecule has 7 heteroatoms. The highest BCUT2D eigenvalue weighted by atomic mass is 16.2. The number of carbonyl (C=O) groups is 3. The van der Waals surface area contributed by atoms with Gasteiger partial charge in [-0.2, -0.15) is 0 Å². The number of carbonyl (C=O) groups excluding carboxylic acids is 3. The van der Waals surface area contributed by atoms with Crippen LogP contribution in [0.2, 0.25) is 0 Å². The number of para-hydroxylation sites is 1. The van der Waals surface area contributed by atoms with Gasteiger partial charge in [0, 0.05) is 19.5 Å². The molecular formula is C15H22N4O3. The van der Waals surface area contributed by atoms with Crippen molar-refractivity contribution in [1.29, 1.82) is 0 Å². The van der Waals surface area contributed by atoms with Gasteiger partial charge in [-0.15, -0.1) is 0 Å². The van der Waals surface area contributed by atoms with Crippen molar-refractivity contribution in [2.24, 2.45) is 5.73 Å². The second-order valence-electron chi connectivity index (χ2n) is 4.67. The first-order valence-corrected chi connectivity index (χ1v) is 7.22. The normalized spacial score (nSPS) is 9.91. The van der Waals surface area contributed by atoms with Gasteiger partial charge >= 0.3 is 0 Å². The molecule has 0 spiro atoms. The van der Waals surface area contributed by atoms with Crippen LogP contribution in [0, 0.1) is 0 Å². The summed E-state index contributed by atoms with van der Waals surface area (Å²) < 4.78 is 0. The van der Waals surface area contributed by atoms with Crippen molar-refractivity contribution in [3.8, 4) is 0 Å². The van der Waals surface area contributed by atoms with Gasteiger partial charge in [0.25, 0.3) is 5.91 Å². The van der Waals surface area contributed by atoms with Gasteiger partial charge in [0.15, 0.2) is 0 Å². The molecule has 1 aromatic carbocycles. The lowest BCUT2D eigenvalue weighted by Gasteiger charge is -2.11. The summed E-state index contributed by atoms with van der Waals surface area (Å²) in [6.07, 6.45) is 1.10. The summed E-state index contributed by atoms with van der Waals surface area (Å²) in [5.74, 6) is -0.869. The fourth-order valence-electron chi connectivity index (χ4n) is 1.76. The number of nitrogens with one attached hydrogen (secondary N) is 3. The zero-order valence-electron chi connectivity index (χ0n) is 12.6. The van der Waals surface area contributed by atoms with Crippen LogP contribution in [0.15, 0.2) is 24.3 Å². The molecule has 0 aliphatic rings. The average molecular weight is 306 g/mol. The third kappa shape index (κ3) is 5.92. The minimum Gasteiger partial charge on any atom is -0.351 e. The van der Waals surface area contributed by atoms with Gasteiger partial charge in [-0.1, -0.05) is 19.1 Å². The second-order valence-corrected chi connectivity index (χ2v) is 4.67. The number of amides is 3. The highest BCUT2D eigenvalue weighted by Crippen LogP contribution is 2.14. The Balaban J connectivity index is 2.63. The third-order valence-corrected chi connectivity index (χ3v) is 2.80. The van der Waals surface area contributed by atoms with Gasteiger partial charge in [0.2, 0.25) is 11.8 Å². The summed E-state index contributed by atoms with van der Waals surface area (Å²) in [5.41, 5.74) is 6.09. The van der Waals surface area contributed by atoms with E-state index in [9.17, 15) is 14.4 Å². The molecule has 0 aliphatic carbocycles. The summed E-state index contributed by atoms with van der Waals surface area (Å²) >= 11 is 0. The first kappa shape index (κ1) is 17.6. The van der Waals surface area contributed by atoms with Gasteiger partial charge in [0.1, 0.15) is 0 Å². The molecule has 0 radical (unpaired) electrons. The quantitative estimate of drug-likeness (QED) is 0.550. The zero-order chi connectivity index (χ0) is 16.4. The Morgan fingerprint density at radius 2 is 1.82 bits per heavy atom. The highest BCUT2D eigenvalue weighted by molar-refractivity contribution is 6.04. The molecule has 120 valence electrons. The van der Waals surface area contributed by atoms with Crippen LogP contribution in [0.4, 0.5) is 5.69 Å². The van der Waals surface area contributed by atoms with Crippen molar-refractivity contribution in [1.82, 2.24) is 10.6 Å². The molecule has 0 bridgehead atoms. The fourth-order valence-corrected chi connectivity index (χ4v) is 1.76. The molecule has 0 fully saturated rings. The Hall–Kier alpha value is -2.41. The van der Waals surface area contributed by atoms with E-state index in [1.807, 2.05) is 6.92 Å². The van der Waals surface area contributed by atoms with Crippen LogP contribution in [0.3, 0.4) is 0 Å². The van der Waals surface area contributed by atoms with Gasteiger partial charge in [-0.25, -0.2) is 0 Å². The number of benzene rings is 1. The third-order valence-electron chi connectivity index (χ3n) is 2.80. The molecular weight excluding hydrogens is 284 g/mol. The average Bonchev–Trinajstić information content (AvgIpc) is 2.51. The van der Waals surface area contributed by atoms with E-state index in [2.05, 4.69) is 16.0 Å². The van der Waals surface area contributed by atoms with E-state index in [-0.39, 0.29) is 24.3 Å². The zero-order valence-corrected chi connectivity index (χ0v) is 12.6. The summed E-state index contributed by atoms with van der Waals surface area (Å²) in [6, 6.07) is 6.65. The summed E-state index contributed by atoms with van der Waals surface area (Å²) in [6.45, 7) is 2.45. The predicted octanol–water partition coefficient (Wildman–Crippen LogP) is 0.230. The van der Waals surface area contributed by atoms with E-state index >= 15 is 0 Å². The summed E-state index contributed by atoms with van der Waals surface area (Å²) in [7, 11) is 0. The molecule has 0 aromatic heterocycles. The maximum atomic E-state index is 12.0. The van der Waals surface area contributed by atoms with Crippen molar-refractivity contribution < 1.29 is 14.4 Å². The molecule has 3 amide bonds. The van der Waals surface area contributed by atoms with Crippen LogP contribution in [-0.4, -0.2) is 37.4 Å². The summed E-state index contributed by atoms with van der Waals surface area (Å²) in [5, 5.41) is 7.78. The van der Waals surface area contributed by atoms with E-state index in [1.54, 1.807) is 24.3 Å². The summed E-state index contributed by atoms with van der Waals surface area (Å²) in [4.78, 5) is 35.1. The molecule has 0 saturated carbocycles. The number of hydrogen-bond acceptors (Lipinski definition) is 4. The lowest BCUT2D eigenvalue weighted by atomic mass is 10.1. The smallest absolute Gasteiger partial charge is 0.253 e. The molecule has 0 atom stereocenters. The van der Waals surface area contributed by atoms with E-state index in [1.165, 1.54) is 0 Å². The topological polar surface area (TPSA) is 113 Å². The monoisotopic (exact) mass is 306 g/mol. The molecule has 0 aliphatic heterocycles. The largest absolute Gasteiger partial charge is 0.351 e. The molecule has 0 heterocycles. The van der Waals surface area contributed by atoms with Gasteiger partial charge < -0.3 is 21.7 Å². The maximum absolute atomic E-state index is 12.0. The van der Waals surface area contributed by atoms with Crippen molar-refractivity contribution >= 4 is 23.4 Å². The van der Waals surface area contributed by atoms with Crippen molar-refractivity contribution in [2.75, 3.05) is 25.0 Å². The number of nitrogens with two attached hydrogens (primary N) is 1. The Bertz CT molecular complexity index is 531. The van der Waals surface area contributed by atoms with Gasteiger partial charge in [0.05, 0.1) is 17.8 Å². The molecule has 1 rings (SSSR count). The lowest BCUT2D eigenvalue weighted by Crippen LogP contribution is -2.34. The predicted molar refractivity (Wildman–Crippen MR) is 84.4 cm³/mol. The first-order valence-electron chi connectivity index (χ1n) is 7.22.